The van der Waals surface area contributed by atoms with E-state index < -0.39 is 0 Å². The number of fused-ring (bicyclic) bond motifs is 1. The predicted molar refractivity (Wildman–Crippen MR) is 95.7 cm³/mol. The second kappa shape index (κ2) is 8.48. The molecule has 0 bridgehead atoms. The second-order valence-corrected chi connectivity index (χ2v) is 7.18. The molecule has 1 aromatic heterocycles. The van der Waals surface area contributed by atoms with Crippen LogP contribution in [0.1, 0.15) is 20.3 Å². The first-order chi connectivity index (χ1) is 11.1. The third kappa shape index (κ3) is 4.56. The molecule has 23 heavy (non-hydrogen) atoms. The normalized spacial score (nSPS) is 12.3. The van der Waals surface area contributed by atoms with Gasteiger partial charge in [-0.2, -0.15) is 5.26 Å². The Morgan fingerprint density at radius 2 is 2.30 bits per heavy atom. The summed E-state index contributed by atoms with van der Waals surface area (Å²) in [7, 11) is 0. The summed E-state index contributed by atoms with van der Waals surface area (Å²) >= 11 is 4.70. The summed E-state index contributed by atoms with van der Waals surface area (Å²) < 4.78 is 7.83. The van der Waals surface area contributed by atoms with Crippen LogP contribution in [0.25, 0.3) is 10.9 Å². The van der Waals surface area contributed by atoms with Gasteiger partial charge in [0.05, 0.1) is 22.2 Å². The minimum atomic E-state index is -0.270. The molecule has 0 aliphatic carbocycles. The lowest BCUT2D eigenvalue weighted by Crippen LogP contribution is -2.24. The van der Waals surface area contributed by atoms with E-state index in [1.807, 2.05) is 19.1 Å². The molecule has 1 atom stereocenters. The Morgan fingerprint density at radius 1 is 1.52 bits per heavy atom. The van der Waals surface area contributed by atoms with E-state index in [2.05, 4.69) is 27.0 Å². The van der Waals surface area contributed by atoms with Crippen LogP contribution in [0.3, 0.4) is 0 Å². The Kier molecular flexibility index (Phi) is 6.63. The number of hydrogen-bond acceptors (Lipinski definition) is 5. The lowest BCUT2D eigenvalue weighted by atomic mass is 10.2. The summed E-state index contributed by atoms with van der Waals surface area (Å²) in [4.78, 5) is 17.4. The number of aromatic nitrogens is 2. The van der Waals surface area contributed by atoms with Gasteiger partial charge in [0.25, 0.3) is 5.56 Å². The predicted octanol–water partition coefficient (Wildman–Crippen LogP) is 3.59. The molecule has 0 radical (unpaired) electrons. The van der Waals surface area contributed by atoms with Crippen LogP contribution in [0, 0.1) is 11.3 Å². The highest BCUT2D eigenvalue weighted by Crippen LogP contribution is 2.23. The van der Waals surface area contributed by atoms with Gasteiger partial charge in [0.2, 0.25) is 0 Å². The fraction of sp³-hybridized carbons (Fsp3) is 0.438. The van der Waals surface area contributed by atoms with Gasteiger partial charge < -0.3 is 4.74 Å². The van der Waals surface area contributed by atoms with E-state index in [1.165, 1.54) is 11.8 Å². The van der Waals surface area contributed by atoms with Crippen molar-refractivity contribution < 1.29 is 4.74 Å². The van der Waals surface area contributed by atoms with Crippen molar-refractivity contribution in [1.29, 1.82) is 5.26 Å². The first kappa shape index (κ1) is 18.0. The minimum Gasteiger partial charge on any atom is -0.382 e. The standard InChI is InChI=1S/C16H18BrN3O2S/c1-3-22-8-4-7-20-15(21)13-9-12(17)5-6-14(13)19-16(20)23-11(2)10-18/h5-6,9,11H,3-4,7-8H2,1-2H3. The van der Waals surface area contributed by atoms with Crippen molar-refractivity contribution in [1.82, 2.24) is 9.55 Å². The van der Waals surface area contributed by atoms with Crippen molar-refractivity contribution in [3.05, 3.63) is 33.0 Å². The molecule has 7 heteroatoms. The quantitative estimate of drug-likeness (QED) is 0.407. The molecule has 1 unspecified atom stereocenters. The molecule has 1 aromatic carbocycles. The fourth-order valence-electron chi connectivity index (χ4n) is 2.11. The maximum atomic E-state index is 12.8. The molecule has 0 amide bonds. The van der Waals surface area contributed by atoms with Gasteiger partial charge in [0.1, 0.15) is 0 Å². The first-order valence-corrected chi connectivity index (χ1v) is 9.08. The zero-order chi connectivity index (χ0) is 16.8. The average molecular weight is 396 g/mol. The van der Waals surface area contributed by atoms with E-state index in [1.54, 1.807) is 17.6 Å². The Balaban J connectivity index is 2.45. The molecule has 2 aromatic rings. The van der Waals surface area contributed by atoms with Crippen molar-refractivity contribution in [2.24, 2.45) is 0 Å². The Morgan fingerprint density at radius 3 is 3.00 bits per heavy atom. The van der Waals surface area contributed by atoms with Crippen molar-refractivity contribution in [3.63, 3.8) is 0 Å². The molecule has 0 saturated carbocycles. The number of benzene rings is 1. The number of nitrogens with zero attached hydrogens (tertiary/aromatic N) is 3. The van der Waals surface area contributed by atoms with Crippen LogP contribution >= 0.6 is 27.7 Å². The SMILES string of the molecule is CCOCCCn1c(SC(C)C#N)nc2ccc(Br)cc2c1=O. The lowest BCUT2D eigenvalue weighted by Gasteiger charge is -2.14. The van der Waals surface area contributed by atoms with Gasteiger partial charge in [-0.3, -0.25) is 9.36 Å². The molecule has 0 saturated heterocycles. The van der Waals surface area contributed by atoms with Crippen LogP contribution in [-0.4, -0.2) is 28.0 Å². The summed E-state index contributed by atoms with van der Waals surface area (Å²) in [5.74, 6) is 0. The van der Waals surface area contributed by atoms with E-state index in [9.17, 15) is 4.79 Å². The van der Waals surface area contributed by atoms with Gasteiger partial charge in [-0.25, -0.2) is 4.98 Å². The summed E-state index contributed by atoms with van der Waals surface area (Å²) in [6.45, 7) is 5.52. The Hall–Kier alpha value is -1.36. The highest BCUT2D eigenvalue weighted by molar-refractivity contribution is 9.10. The van der Waals surface area contributed by atoms with Crippen LogP contribution in [0.15, 0.2) is 32.6 Å². The summed E-state index contributed by atoms with van der Waals surface area (Å²) in [5, 5.41) is 9.92. The van der Waals surface area contributed by atoms with Crippen LogP contribution in [0.4, 0.5) is 0 Å². The highest BCUT2D eigenvalue weighted by atomic mass is 79.9. The third-order valence-corrected chi connectivity index (χ3v) is 4.69. The monoisotopic (exact) mass is 395 g/mol. The summed E-state index contributed by atoms with van der Waals surface area (Å²) in [6.07, 6.45) is 0.726. The first-order valence-electron chi connectivity index (χ1n) is 7.41. The number of ether oxygens (including phenoxy) is 1. The second-order valence-electron chi connectivity index (χ2n) is 4.95. The van der Waals surface area contributed by atoms with E-state index in [0.717, 1.165) is 10.9 Å². The van der Waals surface area contributed by atoms with Crippen molar-refractivity contribution >= 4 is 38.6 Å². The van der Waals surface area contributed by atoms with Crippen LogP contribution < -0.4 is 5.56 Å². The zero-order valence-electron chi connectivity index (χ0n) is 13.1. The third-order valence-electron chi connectivity index (χ3n) is 3.22. The van der Waals surface area contributed by atoms with E-state index in [0.29, 0.717) is 35.8 Å². The molecule has 0 spiro atoms. The molecule has 2 rings (SSSR count). The Labute approximate surface area is 147 Å². The molecule has 0 N–H and O–H groups in total. The van der Waals surface area contributed by atoms with Crippen molar-refractivity contribution in [2.75, 3.05) is 13.2 Å². The summed E-state index contributed by atoms with van der Waals surface area (Å²) in [5.41, 5.74) is 0.562. The number of thioether (sulfide) groups is 1. The summed E-state index contributed by atoms with van der Waals surface area (Å²) in [6, 6.07) is 7.62. The molecule has 122 valence electrons. The van der Waals surface area contributed by atoms with E-state index in [-0.39, 0.29) is 10.8 Å². The molecule has 0 aliphatic rings. The topological polar surface area (TPSA) is 67.9 Å². The van der Waals surface area contributed by atoms with Gasteiger partial charge in [-0.1, -0.05) is 27.7 Å². The highest BCUT2D eigenvalue weighted by Gasteiger charge is 2.14. The van der Waals surface area contributed by atoms with Gasteiger partial charge in [-0.05, 0) is 38.5 Å². The molecule has 5 nitrogen and oxygen atoms in total. The van der Waals surface area contributed by atoms with Crippen molar-refractivity contribution in [3.8, 4) is 6.07 Å². The number of nitriles is 1. The minimum absolute atomic E-state index is 0.0829. The van der Waals surface area contributed by atoms with Gasteiger partial charge in [0, 0.05) is 24.2 Å². The largest absolute Gasteiger partial charge is 0.382 e. The smallest absolute Gasteiger partial charge is 0.262 e. The molecule has 0 fully saturated rings. The maximum absolute atomic E-state index is 12.8. The van der Waals surface area contributed by atoms with E-state index >= 15 is 0 Å². The number of hydrogen-bond donors (Lipinski definition) is 0. The van der Waals surface area contributed by atoms with Crippen LogP contribution in [0.2, 0.25) is 0 Å². The van der Waals surface area contributed by atoms with Crippen molar-refractivity contribution in [2.45, 2.75) is 37.2 Å². The lowest BCUT2D eigenvalue weighted by molar-refractivity contribution is 0.140. The van der Waals surface area contributed by atoms with Gasteiger partial charge >= 0.3 is 0 Å². The molecular weight excluding hydrogens is 378 g/mol. The molecule has 0 aliphatic heterocycles. The Bertz CT molecular complexity index is 785. The molecular formula is C16H18BrN3O2S. The van der Waals surface area contributed by atoms with Crippen LogP contribution in [0.5, 0.6) is 0 Å². The zero-order valence-corrected chi connectivity index (χ0v) is 15.5. The number of rotatable bonds is 7. The van der Waals surface area contributed by atoms with Crippen LogP contribution in [-0.2, 0) is 11.3 Å². The average Bonchev–Trinajstić information content (AvgIpc) is 2.54. The fourth-order valence-corrected chi connectivity index (χ4v) is 3.30. The van der Waals surface area contributed by atoms with E-state index in [4.69, 9.17) is 10.00 Å². The van der Waals surface area contributed by atoms with Gasteiger partial charge in [0.15, 0.2) is 5.16 Å². The maximum Gasteiger partial charge on any atom is 0.262 e. The number of halogens is 1. The van der Waals surface area contributed by atoms with Gasteiger partial charge in [-0.15, -0.1) is 0 Å². The molecule has 1 heterocycles.